The Bertz CT molecular complexity index is 1660. The Labute approximate surface area is 360 Å². The highest BCUT2D eigenvalue weighted by molar-refractivity contribution is 5.88. The van der Waals surface area contributed by atoms with E-state index < -0.39 is 83.5 Å². The highest BCUT2D eigenvalue weighted by atomic mass is 16.6. The minimum absolute atomic E-state index is 0.0400. The lowest BCUT2D eigenvalue weighted by molar-refractivity contribution is -0.181. The van der Waals surface area contributed by atoms with Gasteiger partial charge in [-0.2, -0.15) is 0 Å². The summed E-state index contributed by atoms with van der Waals surface area (Å²) >= 11 is 0. The number of ether oxygens (including phenoxy) is 7. The van der Waals surface area contributed by atoms with Crippen LogP contribution in [0.4, 0.5) is 0 Å². The van der Waals surface area contributed by atoms with Crippen LogP contribution in [0.5, 0.6) is 0 Å². The number of methoxy groups -OCH3 is 4. The first kappa shape index (κ1) is 49.8. The number of fused-ring (bicyclic) bond motifs is 2. The summed E-state index contributed by atoms with van der Waals surface area (Å²) in [6.45, 7) is 17.2. The summed E-state index contributed by atoms with van der Waals surface area (Å²) < 4.78 is 38.3. The molecule has 4 rings (SSSR count). The van der Waals surface area contributed by atoms with Gasteiger partial charge in [-0.05, 0) is 79.4 Å². The van der Waals surface area contributed by atoms with Gasteiger partial charge in [0.2, 0.25) is 0 Å². The third-order valence-electron chi connectivity index (χ3n) is 15.5. The maximum atomic E-state index is 14.3. The number of hydrogen-bond acceptors (Lipinski definition) is 14. The molecule has 4 fully saturated rings. The van der Waals surface area contributed by atoms with Crippen molar-refractivity contribution in [2.45, 2.75) is 117 Å². The Morgan fingerprint density at radius 2 is 1.07 bits per heavy atom. The molecular weight excluding hydrogens is 792 g/mol. The summed E-state index contributed by atoms with van der Waals surface area (Å²) in [5, 5.41) is 20.4. The van der Waals surface area contributed by atoms with E-state index in [1.807, 2.05) is 6.92 Å². The first-order valence-electron chi connectivity index (χ1n) is 21.6. The van der Waals surface area contributed by atoms with E-state index in [0.717, 1.165) is 70.3 Å². The SMILES string of the molecule is C=C1CCC2C(C)(CO)CCCC2(C)C1COC(C(=O)OC)C(CC(=O)OC)C(=O)OCC1(C)CCCC2(C)C(COC(C(=O)OC)C(CC(=O)OC)C(=O)O)C(=C)CCC12. The number of carboxylic acids is 1. The largest absolute Gasteiger partial charge is 0.481 e. The van der Waals surface area contributed by atoms with E-state index in [1.54, 1.807) is 0 Å². The summed E-state index contributed by atoms with van der Waals surface area (Å²) in [6.07, 6.45) is 3.67. The fourth-order valence-corrected chi connectivity index (χ4v) is 12.0. The number of aliphatic carboxylic acids is 1. The summed E-state index contributed by atoms with van der Waals surface area (Å²) in [4.78, 5) is 77.9. The molecule has 4 saturated carbocycles. The lowest BCUT2D eigenvalue weighted by atomic mass is 9.47. The molecule has 0 saturated heterocycles. The molecule has 0 aromatic carbocycles. The lowest BCUT2D eigenvalue weighted by Crippen LogP contribution is -2.54. The summed E-state index contributed by atoms with van der Waals surface area (Å²) in [7, 11) is 4.63. The molecule has 12 atom stereocenters. The van der Waals surface area contributed by atoms with Gasteiger partial charge in [0.25, 0.3) is 0 Å². The average Bonchev–Trinajstić information content (AvgIpc) is 3.22. The van der Waals surface area contributed by atoms with Crippen LogP contribution in [0.2, 0.25) is 0 Å². The molecule has 0 heterocycles. The van der Waals surface area contributed by atoms with Crippen molar-refractivity contribution in [3.63, 3.8) is 0 Å². The Hall–Kier alpha value is -3.82. The maximum absolute atomic E-state index is 14.3. The molecule has 12 unspecified atom stereocenters. The van der Waals surface area contributed by atoms with E-state index >= 15 is 0 Å². The van der Waals surface area contributed by atoms with Gasteiger partial charge in [-0.15, -0.1) is 0 Å². The second-order valence-electron chi connectivity index (χ2n) is 19.1. The second-order valence-corrected chi connectivity index (χ2v) is 19.1. The first-order chi connectivity index (χ1) is 28.7. The summed E-state index contributed by atoms with van der Waals surface area (Å²) in [5.74, 6) is -8.84. The molecule has 0 radical (unpaired) electrons. The van der Waals surface area contributed by atoms with Crippen molar-refractivity contribution in [2.75, 3.05) is 54.9 Å². The van der Waals surface area contributed by atoms with E-state index in [0.29, 0.717) is 19.3 Å². The molecule has 0 aliphatic heterocycles. The number of carbonyl (C=O) groups excluding carboxylic acids is 5. The van der Waals surface area contributed by atoms with E-state index in [4.69, 9.17) is 28.4 Å². The molecule has 2 N–H and O–H groups in total. The highest BCUT2D eigenvalue weighted by Gasteiger charge is 2.57. The van der Waals surface area contributed by atoms with Gasteiger partial charge >= 0.3 is 35.8 Å². The van der Waals surface area contributed by atoms with Crippen molar-refractivity contribution < 1.29 is 72.1 Å². The molecule has 0 spiro atoms. The molecule has 0 bridgehead atoms. The monoisotopic (exact) mass is 862 g/mol. The molecule has 15 heteroatoms. The standard InChI is InChI=1S/C46H70O15/c1-27-13-15-33-43(3,25-47)17-11-19-45(33,5)31(27)24-60-38(42(54)58-10)30(22-36(49)56-8)40(52)61-26-44(4)18-12-20-46(6)32(28(2)14-16-34(44)46)23-59-37(41(53)57-9)29(39(50)51)21-35(48)55-7/h29-34,37-38,47H,1-2,11-26H2,3-10H3,(H,50,51). The molecule has 0 aromatic rings. The molecule has 4 aliphatic carbocycles. The number of esters is 5. The minimum atomic E-state index is -1.59. The van der Waals surface area contributed by atoms with E-state index in [1.165, 1.54) is 14.2 Å². The van der Waals surface area contributed by atoms with Crippen molar-refractivity contribution in [3.8, 4) is 0 Å². The third-order valence-corrected chi connectivity index (χ3v) is 15.5. The molecule has 4 aliphatic rings. The van der Waals surface area contributed by atoms with E-state index in [-0.39, 0.29) is 60.9 Å². The van der Waals surface area contributed by atoms with Crippen LogP contribution < -0.4 is 0 Å². The van der Waals surface area contributed by atoms with Gasteiger partial charge in [0.05, 0.1) is 61.1 Å². The predicted molar refractivity (Wildman–Crippen MR) is 220 cm³/mol. The number of hydrogen-bond donors (Lipinski definition) is 2. The van der Waals surface area contributed by atoms with Crippen LogP contribution in [0.15, 0.2) is 24.3 Å². The van der Waals surface area contributed by atoms with Gasteiger partial charge in [-0.25, -0.2) is 9.59 Å². The molecular formula is C46H70O15. The van der Waals surface area contributed by atoms with Gasteiger partial charge < -0.3 is 43.4 Å². The van der Waals surface area contributed by atoms with Crippen LogP contribution in [-0.2, 0) is 61.9 Å². The van der Waals surface area contributed by atoms with E-state index in [9.17, 15) is 39.0 Å². The van der Waals surface area contributed by atoms with Crippen LogP contribution >= 0.6 is 0 Å². The van der Waals surface area contributed by atoms with Gasteiger partial charge in [0.15, 0.2) is 12.2 Å². The van der Waals surface area contributed by atoms with Gasteiger partial charge in [-0.1, -0.05) is 64.8 Å². The zero-order valence-electron chi connectivity index (χ0n) is 37.5. The normalized spacial score (nSPS) is 33.1. The van der Waals surface area contributed by atoms with Crippen molar-refractivity contribution in [3.05, 3.63) is 24.3 Å². The zero-order chi connectivity index (χ0) is 45.5. The van der Waals surface area contributed by atoms with Crippen LogP contribution in [-0.4, -0.2) is 113 Å². The number of carbonyl (C=O) groups is 6. The average molecular weight is 863 g/mol. The summed E-state index contributed by atoms with van der Waals surface area (Å²) in [6, 6.07) is 0. The highest BCUT2D eigenvalue weighted by Crippen LogP contribution is 2.62. The maximum Gasteiger partial charge on any atom is 0.335 e. The zero-order valence-corrected chi connectivity index (χ0v) is 37.5. The first-order valence-corrected chi connectivity index (χ1v) is 21.6. The minimum Gasteiger partial charge on any atom is -0.481 e. The smallest absolute Gasteiger partial charge is 0.335 e. The Balaban J connectivity index is 1.56. The quantitative estimate of drug-likeness (QED) is 0.0916. The Morgan fingerprint density at radius 3 is 1.49 bits per heavy atom. The molecule has 0 amide bonds. The number of rotatable bonds is 19. The van der Waals surface area contributed by atoms with Crippen LogP contribution in [0, 0.1) is 57.2 Å². The van der Waals surface area contributed by atoms with Gasteiger partial charge in [0, 0.05) is 23.9 Å². The molecule has 344 valence electrons. The Morgan fingerprint density at radius 1 is 0.639 bits per heavy atom. The van der Waals surface area contributed by atoms with Gasteiger partial charge in [0.1, 0.15) is 11.8 Å². The topological polar surface area (TPSA) is 207 Å². The fourth-order valence-electron chi connectivity index (χ4n) is 12.0. The molecule has 0 aromatic heterocycles. The summed E-state index contributed by atoms with van der Waals surface area (Å²) in [5.41, 5.74) is 0.236. The van der Waals surface area contributed by atoms with Crippen molar-refractivity contribution >= 4 is 35.8 Å². The number of aliphatic hydroxyl groups is 1. The third kappa shape index (κ3) is 10.5. The predicted octanol–water partition coefficient (Wildman–Crippen LogP) is 5.64. The Kier molecular flexibility index (Phi) is 16.8. The van der Waals surface area contributed by atoms with Crippen LogP contribution in [0.3, 0.4) is 0 Å². The second kappa shape index (κ2) is 20.6. The lowest BCUT2D eigenvalue weighted by Gasteiger charge is -2.58. The van der Waals surface area contributed by atoms with Gasteiger partial charge in [-0.3, -0.25) is 19.2 Å². The van der Waals surface area contributed by atoms with Crippen molar-refractivity contribution in [1.82, 2.24) is 0 Å². The fraction of sp³-hybridized carbons (Fsp3) is 0.783. The van der Waals surface area contributed by atoms with Crippen molar-refractivity contribution in [2.24, 2.45) is 57.2 Å². The van der Waals surface area contributed by atoms with Crippen LogP contribution in [0.25, 0.3) is 0 Å². The van der Waals surface area contributed by atoms with Crippen LogP contribution in [0.1, 0.15) is 105 Å². The van der Waals surface area contributed by atoms with E-state index in [2.05, 4.69) is 38.7 Å². The number of aliphatic hydroxyl groups excluding tert-OH is 1. The molecule has 61 heavy (non-hydrogen) atoms. The molecule has 15 nitrogen and oxygen atoms in total. The number of carboxylic acid groups (broad SMARTS) is 1. The van der Waals surface area contributed by atoms with Crippen molar-refractivity contribution in [1.29, 1.82) is 0 Å².